The summed E-state index contributed by atoms with van der Waals surface area (Å²) in [6.45, 7) is 1.90. The van der Waals surface area contributed by atoms with Gasteiger partial charge in [-0.3, -0.25) is 0 Å². The quantitative estimate of drug-likeness (QED) is 0.458. The summed E-state index contributed by atoms with van der Waals surface area (Å²) >= 11 is 0. The summed E-state index contributed by atoms with van der Waals surface area (Å²) in [5.74, 6) is 4.94. The highest BCUT2D eigenvalue weighted by atomic mass is 16.5. The number of carbonyl (C=O) groups is 2. The molecule has 1 aromatic carbocycles. The van der Waals surface area contributed by atoms with Gasteiger partial charge in [-0.2, -0.15) is 0 Å². The number of rotatable bonds is 3. The molecule has 94 valence electrons. The minimum Gasteiger partial charge on any atom is -0.495 e. The van der Waals surface area contributed by atoms with Crippen molar-refractivity contribution in [2.45, 2.75) is 13.3 Å². The van der Waals surface area contributed by atoms with E-state index in [1.54, 1.807) is 6.07 Å². The lowest BCUT2D eigenvalue weighted by molar-refractivity contribution is -0.133. The zero-order valence-corrected chi connectivity index (χ0v) is 10.6. The van der Waals surface area contributed by atoms with Gasteiger partial charge >= 0.3 is 5.97 Å². The van der Waals surface area contributed by atoms with Crippen LogP contribution in [0.25, 0.3) is 0 Å². The summed E-state index contributed by atoms with van der Waals surface area (Å²) in [4.78, 5) is 21.7. The molecular formula is C14H14O4. The molecule has 0 aliphatic heterocycles. The van der Waals surface area contributed by atoms with E-state index in [4.69, 9.17) is 4.74 Å². The van der Waals surface area contributed by atoms with Gasteiger partial charge in [0.1, 0.15) is 12.0 Å². The van der Waals surface area contributed by atoms with Gasteiger partial charge in [0.2, 0.25) is 0 Å². The molecule has 0 saturated carbocycles. The molecule has 0 heterocycles. The van der Waals surface area contributed by atoms with Crippen LogP contribution in [0.3, 0.4) is 0 Å². The molecule has 0 aliphatic rings. The van der Waals surface area contributed by atoms with Crippen LogP contribution in [0.4, 0.5) is 0 Å². The molecule has 0 aliphatic carbocycles. The second-order valence-electron chi connectivity index (χ2n) is 3.61. The Balaban J connectivity index is 3.31. The molecular weight excluding hydrogens is 232 g/mol. The molecule has 18 heavy (non-hydrogen) atoms. The minimum absolute atomic E-state index is 0.225. The second-order valence-corrected chi connectivity index (χ2v) is 3.61. The fourth-order valence-corrected chi connectivity index (χ4v) is 1.54. The van der Waals surface area contributed by atoms with Crippen LogP contribution in [0, 0.1) is 18.8 Å². The van der Waals surface area contributed by atoms with Gasteiger partial charge in [0.15, 0.2) is 0 Å². The number of hydrogen-bond donors (Lipinski definition) is 0. The number of carbonyl (C=O) groups excluding carboxylic acids is 2. The molecule has 0 fully saturated rings. The van der Waals surface area contributed by atoms with Gasteiger partial charge in [-0.15, -0.1) is 0 Å². The number of ether oxygens (including phenoxy) is 2. The zero-order valence-electron chi connectivity index (χ0n) is 10.6. The Labute approximate surface area is 106 Å². The van der Waals surface area contributed by atoms with Crippen LogP contribution in [-0.4, -0.2) is 26.5 Å². The molecule has 1 aromatic rings. The fraction of sp³-hybridized carbons (Fsp3) is 0.286. The van der Waals surface area contributed by atoms with E-state index < -0.39 is 5.97 Å². The van der Waals surface area contributed by atoms with E-state index in [0.717, 1.165) is 17.4 Å². The van der Waals surface area contributed by atoms with Crippen molar-refractivity contribution in [1.29, 1.82) is 0 Å². The van der Waals surface area contributed by atoms with Crippen LogP contribution in [0.2, 0.25) is 0 Å². The predicted octanol–water partition coefficient (Wildman–Crippen LogP) is 1.27. The maximum Gasteiger partial charge on any atom is 0.384 e. The number of hydrogen-bond acceptors (Lipinski definition) is 4. The summed E-state index contributed by atoms with van der Waals surface area (Å²) in [6.07, 6.45) is 1.01. The van der Waals surface area contributed by atoms with Crippen molar-refractivity contribution < 1.29 is 19.1 Å². The van der Waals surface area contributed by atoms with E-state index in [1.165, 1.54) is 14.2 Å². The lowest BCUT2D eigenvalue weighted by Crippen LogP contribution is -1.99. The van der Waals surface area contributed by atoms with Crippen LogP contribution in [0.1, 0.15) is 16.7 Å². The van der Waals surface area contributed by atoms with Crippen LogP contribution in [0.5, 0.6) is 5.75 Å². The Hall–Kier alpha value is -2.28. The number of esters is 1. The fourth-order valence-electron chi connectivity index (χ4n) is 1.54. The third-order valence-corrected chi connectivity index (χ3v) is 2.33. The number of methoxy groups -OCH3 is 2. The van der Waals surface area contributed by atoms with Crippen LogP contribution >= 0.6 is 0 Å². The van der Waals surface area contributed by atoms with Crippen molar-refractivity contribution in [3.8, 4) is 17.6 Å². The van der Waals surface area contributed by atoms with E-state index >= 15 is 0 Å². The average molecular weight is 246 g/mol. The molecule has 0 aromatic heterocycles. The summed E-state index contributed by atoms with van der Waals surface area (Å²) < 4.78 is 9.65. The Morgan fingerprint density at radius 3 is 2.67 bits per heavy atom. The Morgan fingerprint density at radius 1 is 1.39 bits per heavy atom. The third kappa shape index (κ3) is 3.36. The van der Waals surface area contributed by atoms with E-state index in [9.17, 15) is 9.59 Å². The van der Waals surface area contributed by atoms with Crippen LogP contribution < -0.4 is 4.74 Å². The molecule has 0 saturated heterocycles. The first-order valence-electron chi connectivity index (χ1n) is 5.33. The van der Waals surface area contributed by atoms with Crippen LogP contribution in [-0.2, 0) is 20.7 Å². The van der Waals surface area contributed by atoms with Crippen molar-refractivity contribution in [3.63, 3.8) is 0 Å². The minimum atomic E-state index is -0.630. The van der Waals surface area contributed by atoms with E-state index in [1.807, 2.05) is 13.0 Å². The predicted molar refractivity (Wildman–Crippen MR) is 66.4 cm³/mol. The zero-order chi connectivity index (χ0) is 13.5. The molecule has 4 heteroatoms. The van der Waals surface area contributed by atoms with Gasteiger partial charge < -0.3 is 14.3 Å². The van der Waals surface area contributed by atoms with Gasteiger partial charge in [0, 0.05) is 12.3 Å². The third-order valence-electron chi connectivity index (χ3n) is 2.33. The summed E-state index contributed by atoms with van der Waals surface area (Å²) in [6, 6.07) is 3.65. The van der Waals surface area contributed by atoms with Crippen molar-refractivity contribution in [1.82, 2.24) is 0 Å². The largest absolute Gasteiger partial charge is 0.495 e. The maximum absolute atomic E-state index is 11.0. The lowest BCUT2D eigenvalue weighted by Gasteiger charge is -2.09. The van der Waals surface area contributed by atoms with Crippen LogP contribution in [0.15, 0.2) is 12.1 Å². The first kappa shape index (κ1) is 13.8. The van der Waals surface area contributed by atoms with E-state index in [2.05, 4.69) is 16.6 Å². The summed E-state index contributed by atoms with van der Waals surface area (Å²) in [7, 11) is 2.78. The van der Waals surface area contributed by atoms with E-state index in [0.29, 0.717) is 11.3 Å². The van der Waals surface area contributed by atoms with Crippen molar-refractivity contribution in [2.75, 3.05) is 14.2 Å². The van der Waals surface area contributed by atoms with Crippen molar-refractivity contribution in [3.05, 3.63) is 28.8 Å². The van der Waals surface area contributed by atoms with Gasteiger partial charge in [0.25, 0.3) is 0 Å². The lowest BCUT2D eigenvalue weighted by atomic mass is 10.0. The Morgan fingerprint density at radius 2 is 2.11 bits per heavy atom. The number of benzene rings is 1. The molecule has 1 rings (SSSR count). The summed E-state index contributed by atoms with van der Waals surface area (Å²) in [5.41, 5.74) is 2.24. The molecule has 0 N–H and O–H groups in total. The highest BCUT2D eigenvalue weighted by Gasteiger charge is 2.08. The highest BCUT2D eigenvalue weighted by molar-refractivity contribution is 5.89. The average Bonchev–Trinajstić information content (AvgIpc) is 2.36. The molecule has 0 amide bonds. The topological polar surface area (TPSA) is 52.6 Å². The van der Waals surface area contributed by atoms with Gasteiger partial charge in [0.05, 0.1) is 19.8 Å². The highest BCUT2D eigenvalue weighted by Crippen LogP contribution is 2.23. The second kappa shape index (κ2) is 6.45. The molecule has 0 radical (unpaired) electrons. The monoisotopic (exact) mass is 246 g/mol. The SMILES string of the molecule is COC(=O)C#Cc1c(CC=O)cc(C)cc1OC. The normalized spacial score (nSPS) is 9.06. The molecule has 0 atom stereocenters. The summed E-state index contributed by atoms with van der Waals surface area (Å²) in [5, 5.41) is 0. The van der Waals surface area contributed by atoms with Crippen molar-refractivity contribution in [2.24, 2.45) is 0 Å². The maximum atomic E-state index is 11.0. The number of aldehydes is 1. The van der Waals surface area contributed by atoms with Gasteiger partial charge in [-0.05, 0) is 24.1 Å². The molecule has 0 bridgehead atoms. The smallest absolute Gasteiger partial charge is 0.384 e. The molecule has 0 spiro atoms. The Bertz CT molecular complexity index is 521. The molecule has 4 nitrogen and oxygen atoms in total. The van der Waals surface area contributed by atoms with E-state index in [-0.39, 0.29) is 6.42 Å². The first-order valence-corrected chi connectivity index (χ1v) is 5.33. The number of aryl methyl sites for hydroxylation is 1. The first-order chi connectivity index (χ1) is 8.62. The molecule has 0 unspecified atom stereocenters. The van der Waals surface area contributed by atoms with Gasteiger partial charge in [-0.25, -0.2) is 4.79 Å². The standard InChI is InChI=1S/C14H14O4/c1-10-8-11(6-7-15)12(13(9-10)17-2)4-5-14(16)18-3/h7-9H,6H2,1-3H3. The van der Waals surface area contributed by atoms with Crippen molar-refractivity contribution >= 4 is 12.3 Å². The Kier molecular flexibility index (Phi) is 4.94. The van der Waals surface area contributed by atoms with Gasteiger partial charge in [-0.1, -0.05) is 12.0 Å².